The summed E-state index contributed by atoms with van der Waals surface area (Å²) < 4.78 is 0. The second-order valence-electron chi connectivity index (χ2n) is 6.04. The molecule has 1 aromatic carbocycles. The maximum Gasteiger partial charge on any atom is 0.191 e. The minimum Gasteiger partial charge on any atom is -0.357 e. The van der Waals surface area contributed by atoms with Gasteiger partial charge < -0.3 is 10.6 Å². The molecule has 0 saturated carbocycles. The molecule has 1 unspecified atom stereocenters. The van der Waals surface area contributed by atoms with Crippen LogP contribution in [-0.2, 0) is 6.54 Å². The smallest absolute Gasteiger partial charge is 0.191 e. The summed E-state index contributed by atoms with van der Waals surface area (Å²) in [5.74, 6) is 0.825. The Morgan fingerprint density at radius 2 is 1.73 bits per heavy atom. The molecule has 140 valence electrons. The molecule has 5 nitrogen and oxygen atoms in total. The molecular formula is C21H31N5. The molecule has 0 aliphatic carbocycles. The summed E-state index contributed by atoms with van der Waals surface area (Å²) >= 11 is 0. The Balaban J connectivity index is 2.07. The number of likely N-dealkylation sites (N-methyl/N-ethyl adjacent to an activating group) is 1. The Morgan fingerprint density at radius 1 is 1.00 bits per heavy atom. The molecule has 0 spiro atoms. The summed E-state index contributed by atoms with van der Waals surface area (Å²) in [4.78, 5) is 11.5. The van der Waals surface area contributed by atoms with Crippen LogP contribution in [0.15, 0.2) is 59.7 Å². The lowest BCUT2D eigenvalue weighted by Crippen LogP contribution is -2.43. The molecule has 2 N–H and O–H groups in total. The average Bonchev–Trinajstić information content (AvgIpc) is 2.70. The first-order chi connectivity index (χ1) is 12.8. The van der Waals surface area contributed by atoms with Gasteiger partial charge in [0, 0.05) is 19.3 Å². The van der Waals surface area contributed by atoms with Crippen LogP contribution in [-0.4, -0.2) is 42.0 Å². The molecule has 0 amide bonds. The lowest BCUT2D eigenvalue weighted by molar-refractivity contribution is 0.219. The zero-order valence-corrected chi connectivity index (χ0v) is 16.2. The van der Waals surface area contributed by atoms with Crippen LogP contribution in [0.1, 0.15) is 38.1 Å². The van der Waals surface area contributed by atoms with Crippen molar-refractivity contribution in [1.29, 1.82) is 0 Å². The first kappa shape index (κ1) is 19.9. The molecule has 0 radical (unpaired) electrons. The maximum atomic E-state index is 4.67. The predicted octanol–water partition coefficient (Wildman–Crippen LogP) is 3.22. The largest absolute Gasteiger partial charge is 0.357 e. The predicted molar refractivity (Wildman–Crippen MR) is 109 cm³/mol. The van der Waals surface area contributed by atoms with Gasteiger partial charge in [0.25, 0.3) is 0 Å². The number of nitrogens with one attached hydrogen (secondary N) is 2. The normalized spacial score (nSPS) is 12.8. The SMILES string of the molecule is CCNC(=NCc1ccccn1)NCC(c1ccccc1)N(CC)CC. The van der Waals surface area contributed by atoms with Crippen molar-refractivity contribution in [2.75, 3.05) is 26.2 Å². The first-order valence-electron chi connectivity index (χ1n) is 9.49. The fraction of sp³-hybridized carbons (Fsp3) is 0.429. The summed E-state index contributed by atoms with van der Waals surface area (Å²) in [6, 6.07) is 16.9. The number of aliphatic imine (C=N–C) groups is 1. The third-order valence-electron chi connectivity index (χ3n) is 4.37. The Kier molecular flexibility index (Phi) is 8.63. The van der Waals surface area contributed by atoms with Gasteiger partial charge in [-0.25, -0.2) is 4.99 Å². The molecule has 1 aromatic heterocycles. The van der Waals surface area contributed by atoms with Crippen molar-refractivity contribution in [3.63, 3.8) is 0 Å². The lowest BCUT2D eigenvalue weighted by atomic mass is 10.1. The number of pyridine rings is 1. The van der Waals surface area contributed by atoms with Crippen LogP contribution in [0.5, 0.6) is 0 Å². The van der Waals surface area contributed by atoms with Gasteiger partial charge in [-0.3, -0.25) is 9.88 Å². The third-order valence-corrected chi connectivity index (χ3v) is 4.37. The second-order valence-corrected chi connectivity index (χ2v) is 6.04. The van der Waals surface area contributed by atoms with Crippen molar-refractivity contribution in [3.05, 3.63) is 66.0 Å². The molecule has 2 aromatic rings. The van der Waals surface area contributed by atoms with E-state index in [1.165, 1.54) is 5.56 Å². The number of nitrogens with zero attached hydrogens (tertiary/aromatic N) is 3. The average molecular weight is 354 g/mol. The molecule has 5 heteroatoms. The standard InChI is InChI=1S/C21H31N5/c1-4-22-21(24-16-19-14-10-11-15-23-19)25-17-20(26(5-2)6-3)18-12-8-7-9-13-18/h7-15,20H,4-6,16-17H2,1-3H3,(H2,22,24,25). The van der Waals surface area contributed by atoms with Gasteiger partial charge in [-0.05, 0) is 37.7 Å². The van der Waals surface area contributed by atoms with Gasteiger partial charge in [0.1, 0.15) is 0 Å². The summed E-state index contributed by atoms with van der Waals surface area (Å²) in [5, 5.41) is 6.84. The fourth-order valence-electron chi connectivity index (χ4n) is 2.98. The lowest BCUT2D eigenvalue weighted by Gasteiger charge is -2.30. The van der Waals surface area contributed by atoms with Crippen molar-refractivity contribution in [2.24, 2.45) is 4.99 Å². The van der Waals surface area contributed by atoms with E-state index < -0.39 is 0 Å². The van der Waals surface area contributed by atoms with Crippen LogP contribution in [0, 0.1) is 0 Å². The van der Waals surface area contributed by atoms with E-state index in [0.717, 1.165) is 37.8 Å². The quantitative estimate of drug-likeness (QED) is 0.537. The van der Waals surface area contributed by atoms with Crippen molar-refractivity contribution < 1.29 is 0 Å². The molecule has 26 heavy (non-hydrogen) atoms. The highest BCUT2D eigenvalue weighted by molar-refractivity contribution is 5.79. The number of hydrogen-bond acceptors (Lipinski definition) is 3. The van der Waals surface area contributed by atoms with E-state index in [1.807, 2.05) is 18.2 Å². The maximum absolute atomic E-state index is 4.67. The van der Waals surface area contributed by atoms with Crippen molar-refractivity contribution in [1.82, 2.24) is 20.5 Å². The molecular weight excluding hydrogens is 322 g/mol. The van der Waals surface area contributed by atoms with Crippen LogP contribution < -0.4 is 10.6 Å². The Hall–Kier alpha value is -2.40. The number of guanidine groups is 1. The van der Waals surface area contributed by atoms with E-state index >= 15 is 0 Å². The number of aromatic nitrogens is 1. The Morgan fingerprint density at radius 3 is 2.35 bits per heavy atom. The van der Waals surface area contributed by atoms with Gasteiger partial charge in [0.2, 0.25) is 0 Å². The molecule has 0 bridgehead atoms. The summed E-state index contributed by atoms with van der Waals surface area (Å²) in [5.41, 5.74) is 2.29. The number of benzene rings is 1. The van der Waals surface area contributed by atoms with Crippen molar-refractivity contribution in [2.45, 2.75) is 33.4 Å². The van der Waals surface area contributed by atoms with E-state index in [4.69, 9.17) is 0 Å². The minimum atomic E-state index is 0.310. The Labute approximate surface area is 157 Å². The first-order valence-corrected chi connectivity index (χ1v) is 9.49. The van der Waals surface area contributed by atoms with Gasteiger partial charge in [-0.2, -0.15) is 0 Å². The van der Waals surface area contributed by atoms with Gasteiger partial charge in [0.15, 0.2) is 5.96 Å². The topological polar surface area (TPSA) is 52.6 Å². The third kappa shape index (κ3) is 6.15. The highest BCUT2D eigenvalue weighted by Gasteiger charge is 2.18. The van der Waals surface area contributed by atoms with Crippen molar-refractivity contribution in [3.8, 4) is 0 Å². The van der Waals surface area contributed by atoms with E-state index in [9.17, 15) is 0 Å². The van der Waals surface area contributed by atoms with Gasteiger partial charge in [0.05, 0.1) is 18.3 Å². The number of rotatable bonds is 9. The van der Waals surface area contributed by atoms with E-state index in [1.54, 1.807) is 6.20 Å². The monoisotopic (exact) mass is 353 g/mol. The van der Waals surface area contributed by atoms with E-state index in [0.29, 0.717) is 12.6 Å². The van der Waals surface area contributed by atoms with E-state index in [-0.39, 0.29) is 0 Å². The van der Waals surface area contributed by atoms with Crippen LogP contribution in [0.2, 0.25) is 0 Å². The van der Waals surface area contributed by atoms with Crippen LogP contribution in [0.3, 0.4) is 0 Å². The fourth-order valence-corrected chi connectivity index (χ4v) is 2.98. The molecule has 0 aliphatic rings. The highest BCUT2D eigenvalue weighted by Crippen LogP contribution is 2.19. The molecule has 0 fully saturated rings. The number of hydrogen-bond donors (Lipinski definition) is 2. The summed E-state index contributed by atoms with van der Waals surface area (Å²) in [7, 11) is 0. The molecule has 1 atom stereocenters. The zero-order chi connectivity index (χ0) is 18.6. The van der Waals surface area contributed by atoms with Gasteiger partial charge in [-0.1, -0.05) is 50.2 Å². The highest BCUT2D eigenvalue weighted by atomic mass is 15.2. The van der Waals surface area contributed by atoms with Crippen molar-refractivity contribution >= 4 is 5.96 Å². The van der Waals surface area contributed by atoms with Crippen LogP contribution in [0.25, 0.3) is 0 Å². The second kappa shape index (κ2) is 11.3. The van der Waals surface area contributed by atoms with Gasteiger partial charge >= 0.3 is 0 Å². The summed E-state index contributed by atoms with van der Waals surface area (Å²) in [6.07, 6.45) is 1.80. The Bertz CT molecular complexity index is 638. The molecule has 0 aliphatic heterocycles. The summed E-state index contributed by atoms with van der Waals surface area (Å²) in [6.45, 7) is 10.7. The van der Waals surface area contributed by atoms with Gasteiger partial charge in [-0.15, -0.1) is 0 Å². The van der Waals surface area contributed by atoms with Crippen LogP contribution in [0.4, 0.5) is 0 Å². The molecule has 2 rings (SSSR count). The molecule has 0 saturated heterocycles. The molecule has 1 heterocycles. The van der Waals surface area contributed by atoms with Crippen LogP contribution >= 0.6 is 0 Å². The zero-order valence-electron chi connectivity index (χ0n) is 16.2. The van der Waals surface area contributed by atoms with E-state index in [2.05, 4.69) is 76.6 Å². The minimum absolute atomic E-state index is 0.310.